The Labute approximate surface area is 263 Å². The van der Waals surface area contributed by atoms with Gasteiger partial charge in [0.15, 0.2) is 0 Å². The molecule has 0 aliphatic heterocycles. The maximum Gasteiger partial charge on any atom is 0.501 e. The number of hydrogen-bond donors (Lipinski definition) is 2. The maximum atomic E-state index is 6.08. The summed E-state index contributed by atoms with van der Waals surface area (Å²) in [5.74, 6) is 0. The summed E-state index contributed by atoms with van der Waals surface area (Å²) >= 11 is 0. The number of hydrogen-bond acceptors (Lipinski definition) is 14. The van der Waals surface area contributed by atoms with E-state index in [0.717, 1.165) is 18.9 Å². The topological polar surface area (TPSA) is 163 Å². The monoisotopic (exact) mass is 664 g/mol. The molecule has 0 fully saturated rings. The highest BCUT2D eigenvalue weighted by Gasteiger charge is 2.41. The van der Waals surface area contributed by atoms with Crippen molar-refractivity contribution in [1.29, 1.82) is 0 Å². The van der Waals surface area contributed by atoms with Crippen LogP contribution in [0.2, 0.25) is 12.1 Å². The summed E-state index contributed by atoms with van der Waals surface area (Å²) in [7, 11) is -0.428. The second-order valence-corrected chi connectivity index (χ2v) is 14.3. The van der Waals surface area contributed by atoms with E-state index in [0.29, 0.717) is 118 Å². The Kier molecular flexibility index (Phi) is 36.4. The fraction of sp³-hybridized carbons (Fsp3) is 1.00. The van der Waals surface area contributed by atoms with Crippen LogP contribution in [0.3, 0.4) is 0 Å². The van der Waals surface area contributed by atoms with Crippen molar-refractivity contribution in [3.8, 4) is 0 Å². The fourth-order valence-corrected chi connectivity index (χ4v) is 8.62. The van der Waals surface area contributed by atoms with E-state index in [-0.39, 0.29) is 0 Å². The standard InChI is InChI=1S/C18H41NO9Si.C9H23NO3Si/c1-20-6-9-23-12-15-26-29(18-4-5-19,27-16-13-24-10-7-21-2)28-17-14-25-11-8-22-3;1-4-11-14(12-5-2,13-6-3)9-7-8-10/h4-19H2,1-3H3;4-10H2,1-3H3. The summed E-state index contributed by atoms with van der Waals surface area (Å²) in [5, 5.41) is 0. The van der Waals surface area contributed by atoms with Crippen molar-refractivity contribution < 1.29 is 55.0 Å². The molecule has 0 bridgehead atoms. The zero-order chi connectivity index (χ0) is 32.3. The van der Waals surface area contributed by atoms with Crippen LogP contribution in [0, 0.1) is 0 Å². The smallest absolute Gasteiger partial charge is 0.382 e. The van der Waals surface area contributed by atoms with Crippen molar-refractivity contribution in [2.24, 2.45) is 11.5 Å². The highest BCUT2D eigenvalue weighted by atomic mass is 28.4. The molecule has 0 amide bonds. The van der Waals surface area contributed by atoms with Crippen LogP contribution in [-0.2, 0) is 55.0 Å². The third-order valence-corrected chi connectivity index (χ3v) is 11.5. The van der Waals surface area contributed by atoms with Crippen LogP contribution in [0.25, 0.3) is 0 Å². The van der Waals surface area contributed by atoms with Gasteiger partial charge in [0.2, 0.25) is 0 Å². The molecule has 262 valence electrons. The van der Waals surface area contributed by atoms with Gasteiger partial charge in [0, 0.05) is 53.2 Å². The molecule has 0 radical (unpaired) electrons. The quantitative estimate of drug-likeness (QED) is 0.0770. The van der Waals surface area contributed by atoms with Gasteiger partial charge in [-0.1, -0.05) is 0 Å². The third-order valence-electron chi connectivity index (χ3n) is 5.41. The summed E-state index contributed by atoms with van der Waals surface area (Å²) in [4.78, 5) is 0. The predicted octanol–water partition coefficient (Wildman–Crippen LogP) is 1.70. The number of nitrogens with two attached hydrogens (primary N) is 2. The maximum absolute atomic E-state index is 6.08. The Balaban J connectivity index is 0. The first kappa shape index (κ1) is 45.0. The fourth-order valence-electron chi connectivity index (χ4n) is 3.48. The van der Waals surface area contributed by atoms with Crippen LogP contribution in [0.1, 0.15) is 33.6 Å². The van der Waals surface area contributed by atoms with Gasteiger partial charge in [-0.25, -0.2) is 0 Å². The molecule has 0 aromatic carbocycles. The second kappa shape index (κ2) is 34.7. The van der Waals surface area contributed by atoms with E-state index in [2.05, 4.69) is 0 Å². The van der Waals surface area contributed by atoms with Crippen LogP contribution in [0.4, 0.5) is 0 Å². The lowest BCUT2D eigenvalue weighted by Gasteiger charge is -2.30. The molecule has 0 atom stereocenters. The van der Waals surface area contributed by atoms with E-state index in [1.54, 1.807) is 21.3 Å². The van der Waals surface area contributed by atoms with E-state index in [9.17, 15) is 0 Å². The normalized spacial score (nSPS) is 12.0. The molecule has 4 N–H and O–H groups in total. The highest BCUT2D eigenvalue weighted by molar-refractivity contribution is 6.61. The molecule has 16 heteroatoms. The second-order valence-electron chi connectivity index (χ2n) is 8.81. The molecule has 0 saturated heterocycles. The Hall–Kier alpha value is -0.126. The molecule has 0 heterocycles. The van der Waals surface area contributed by atoms with Gasteiger partial charge in [-0.2, -0.15) is 0 Å². The Morgan fingerprint density at radius 2 is 0.674 bits per heavy atom. The first-order chi connectivity index (χ1) is 21.0. The lowest BCUT2D eigenvalue weighted by molar-refractivity contribution is -0.0111. The number of rotatable bonds is 33. The summed E-state index contributed by atoms with van der Waals surface area (Å²) in [6.07, 6.45) is 1.64. The minimum Gasteiger partial charge on any atom is -0.382 e. The predicted molar refractivity (Wildman–Crippen MR) is 169 cm³/mol. The van der Waals surface area contributed by atoms with E-state index in [1.807, 2.05) is 20.8 Å². The molecule has 0 aromatic rings. The summed E-state index contributed by atoms with van der Waals surface area (Å²) in [5.41, 5.74) is 11.2. The molecule has 0 spiro atoms. The Morgan fingerprint density at radius 1 is 0.395 bits per heavy atom. The molecule has 14 nitrogen and oxygen atoms in total. The molecule has 0 aliphatic carbocycles. The molecule has 0 saturated carbocycles. The third kappa shape index (κ3) is 27.9. The van der Waals surface area contributed by atoms with Gasteiger partial charge in [0.1, 0.15) is 0 Å². The van der Waals surface area contributed by atoms with Gasteiger partial charge in [0.25, 0.3) is 0 Å². The zero-order valence-corrected chi connectivity index (χ0v) is 29.9. The van der Waals surface area contributed by atoms with Gasteiger partial charge in [-0.15, -0.1) is 0 Å². The largest absolute Gasteiger partial charge is 0.501 e. The van der Waals surface area contributed by atoms with Gasteiger partial charge < -0.3 is 66.4 Å². The first-order valence-corrected chi connectivity index (χ1v) is 19.3. The van der Waals surface area contributed by atoms with Crippen LogP contribution >= 0.6 is 0 Å². The molecule has 43 heavy (non-hydrogen) atoms. The van der Waals surface area contributed by atoms with Gasteiger partial charge >= 0.3 is 17.6 Å². The summed E-state index contributed by atoms with van der Waals surface area (Å²) < 4.78 is 66.5. The van der Waals surface area contributed by atoms with E-state index >= 15 is 0 Å². The van der Waals surface area contributed by atoms with Gasteiger partial charge in [-0.3, -0.25) is 0 Å². The summed E-state index contributed by atoms with van der Waals surface area (Å²) in [6, 6.07) is 1.44. The zero-order valence-electron chi connectivity index (χ0n) is 27.9. The minimum absolute atomic E-state index is 0.371. The van der Waals surface area contributed by atoms with Crippen molar-refractivity contribution in [2.75, 3.05) is 134 Å². The van der Waals surface area contributed by atoms with Crippen molar-refractivity contribution in [3.05, 3.63) is 0 Å². The number of methoxy groups -OCH3 is 3. The molecule has 0 aliphatic rings. The van der Waals surface area contributed by atoms with Gasteiger partial charge in [-0.05, 0) is 46.7 Å². The van der Waals surface area contributed by atoms with Crippen molar-refractivity contribution in [1.82, 2.24) is 0 Å². The average molecular weight is 665 g/mol. The SMILES string of the molecule is CCO[Si](CCCN)(OCC)OCC.COCCOCCO[Si](CCCN)(OCCOCCOC)OCCOCCOC. The highest BCUT2D eigenvalue weighted by Crippen LogP contribution is 2.19. The van der Waals surface area contributed by atoms with Gasteiger partial charge in [0.05, 0.1) is 79.3 Å². The lowest BCUT2D eigenvalue weighted by atomic mass is 10.5. The molecule has 0 unspecified atom stereocenters. The van der Waals surface area contributed by atoms with E-state index < -0.39 is 17.6 Å². The van der Waals surface area contributed by atoms with Crippen LogP contribution in [0.5, 0.6) is 0 Å². The Bertz CT molecular complexity index is 490. The minimum atomic E-state index is -2.94. The first-order valence-electron chi connectivity index (χ1n) is 15.4. The van der Waals surface area contributed by atoms with Crippen molar-refractivity contribution in [2.45, 2.75) is 45.7 Å². The molecule has 0 aromatic heterocycles. The van der Waals surface area contributed by atoms with E-state index in [1.165, 1.54) is 0 Å². The van der Waals surface area contributed by atoms with E-state index in [4.69, 9.17) is 66.4 Å². The average Bonchev–Trinajstić information content (AvgIpc) is 3.01. The van der Waals surface area contributed by atoms with Crippen LogP contribution in [0.15, 0.2) is 0 Å². The van der Waals surface area contributed by atoms with Crippen molar-refractivity contribution in [3.63, 3.8) is 0 Å². The summed E-state index contributed by atoms with van der Waals surface area (Å²) in [6.45, 7) is 14.6. The Morgan fingerprint density at radius 3 is 0.930 bits per heavy atom. The molecule has 0 rings (SSSR count). The lowest BCUT2D eigenvalue weighted by Crippen LogP contribution is -2.48. The van der Waals surface area contributed by atoms with Crippen LogP contribution in [-0.4, -0.2) is 151 Å². The molecular weight excluding hydrogens is 600 g/mol. The number of ether oxygens (including phenoxy) is 6. The van der Waals surface area contributed by atoms with Crippen LogP contribution < -0.4 is 11.5 Å². The molecular formula is C27H64N2O12Si2. The van der Waals surface area contributed by atoms with Crippen molar-refractivity contribution >= 4 is 17.6 Å².